The highest BCUT2D eigenvalue weighted by Gasteiger charge is 2.04. The Morgan fingerprint density at radius 3 is 2.45 bits per heavy atom. The first kappa shape index (κ1) is 14.8. The summed E-state index contributed by atoms with van der Waals surface area (Å²) in [6.45, 7) is 0. The molecule has 104 valence electrons. The molecule has 0 saturated heterocycles. The molecule has 0 aromatic heterocycles. The number of anilines is 3. The minimum Gasteiger partial charge on any atom is -0.389 e. The van der Waals surface area contributed by atoms with E-state index < -0.39 is 0 Å². The smallest absolute Gasteiger partial charge is 0.105 e. The lowest BCUT2D eigenvalue weighted by atomic mass is 10.2. The van der Waals surface area contributed by atoms with Crippen LogP contribution in [0, 0.1) is 0 Å². The third kappa shape index (κ3) is 3.49. The highest BCUT2D eigenvalue weighted by molar-refractivity contribution is 9.10. The second kappa shape index (κ2) is 6.24. The monoisotopic (exact) mass is 349 g/mol. The van der Waals surface area contributed by atoms with E-state index in [0.29, 0.717) is 4.99 Å². The molecule has 0 atom stereocenters. The molecule has 5 heteroatoms. The number of halogens is 1. The topological polar surface area (TPSA) is 41.3 Å². The van der Waals surface area contributed by atoms with E-state index in [2.05, 4.69) is 38.3 Å². The fourth-order valence-electron chi connectivity index (χ4n) is 1.82. The zero-order valence-electron chi connectivity index (χ0n) is 11.4. The van der Waals surface area contributed by atoms with Crippen molar-refractivity contribution in [1.29, 1.82) is 0 Å². The number of nitrogens with zero attached hydrogens (tertiary/aromatic N) is 1. The summed E-state index contributed by atoms with van der Waals surface area (Å²) in [7, 11) is 4.04. The quantitative estimate of drug-likeness (QED) is 0.821. The van der Waals surface area contributed by atoms with Gasteiger partial charge in [0, 0.05) is 41.2 Å². The van der Waals surface area contributed by atoms with Crippen LogP contribution < -0.4 is 16.0 Å². The fourth-order valence-corrected chi connectivity index (χ4v) is 2.72. The Morgan fingerprint density at radius 2 is 1.85 bits per heavy atom. The Morgan fingerprint density at radius 1 is 1.15 bits per heavy atom. The number of nitrogens with two attached hydrogens (primary N) is 1. The summed E-state index contributed by atoms with van der Waals surface area (Å²) in [5, 5.41) is 3.37. The number of nitrogens with one attached hydrogen (secondary N) is 1. The van der Waals surface area contributed by atoms with Crippen LogP contribution in [0.5, 0.6) is 0 Å². The molecule has 2 rings (SSSR count). The molecular weight excluding hydrogens is 334 g/mol. The largest absolute Gasteiger partial charge is 0.389 e. The predicted molar refractivity (Wildman–Crippen MR) is 94.1 cm³/mol. The van der Waals surface area contributed by atoms with E-state index in [4.69, 9.17) is 18.0 Å². The van der Waals surface area contributed by atoms with Crippen LogP contribution in [0.2, 0.25) is 0 Å². The Hall–Kier alpha value is -1.59. The van der Waals surface area contributed by atoms with Gasteiger partial charge in [-0.15, -0.1) is 0 Å². The lowest BCUT2D eigenvalue weighted by Gasteiger charge is -2.15. The van der Waals surface area contributed by atoms with Crippen molar-refractivity contribution in [2.45, 2.75) is 0 Å². The highest BCUT2D eigenvalue weighted by Crippen LogP contribution is 2.25. The van der Waals surface area contributed by atoms with Crippen LogP contribution in [0.4, 0.5) is 17.1 Å². The van der Waals surface area contributed by atoms with Gasteiger partial charge in [-0.3, -0.25) is 0 Å². The maximum Gasteiger partial charge on any atom is 0.105 e. The second-order valence-corrected chi connectivity index (χ2v) is 5.92. The van der Waals surface area contributed by atoms with Crippen LogP contribution in [0.15, 0.2) is 46.9 Å². The van der Waals surface area contributed by atoms with Gasteiger partial charge in [0.15, 0.2) is 0 Å². The molecular formula is C15H16BrN3S. The van der Waals surface area contributed by atoms with Gasteiger partial charge in [0.2, 0.25) is 0 Å². The van der Waals surface area contributed by atoms with Gasteiger partial charge in [-0.2, -0.15) is 0 Å². The van der Waals surface area contributed by atoms with Crippen molar-refractivity contribution in [2.24, 2.45) is 5.73 Å². The molecule has 0 amide bonds. The van der Waals surface area contributed by atoms with E-state index in [1.165, 1.54) is 0 Å². The second-order valence-electron chi connectivity index (χ2n) is 4.63. The lowest BCUT2D eigenvalue weighted by Crippen LogP contribution is -2.10. The summed E-state index contributed by atoms with van der Waals surface area (Å²) < 4.78 is 0.888. The van der Waals surface area contributed by atoms with Gasteiger partial charge in [-0.1, -0.05) is 18.3 Å². The molecule has 0 spiro atoms. The summed E-state index contributed by atoms with van der Waals surface area (Å²) in [5.41, 5.74) is 9.65. The summed E-state index contributed by atoms with van der Waals surface area (Å²) >= 11 is 8.47. The molecule has 0 unspecified atom stereocenters. The Labute approximate surface area is 132 Å². The molecule has 0 bridgehead atoms. The summed E-state index contributed by atoms with van der Waals surface area (Å²) in [4.78, 5) is 2.45. The summed E-state index contributed by atoms with van der Waals surface area (Å²) in [5.74, 6) is 0. The number of hydrogen-bond donors (Lipinski definition) is 2. The van der Waals surface area contributed by atoms with Gasteiger partial charge in [0.05, 0.1) is 0 Å². The zero-order valence-corrected chi connectivity index (χ0v) is 13.8. The van der Waals surface area contributed by atoms with E-state index in [-0.39, 0.29) is 0 Å². The molecule has 0 heterocycles. The van der Waals surface area contributed by atoms with Gasteiger partial charge in [0.1, 0.15) is 4.99 Å². The van der Waals surface area contributed by atoms with Crippen LogP contribution in [0.25, 0.3) is 0 Å². The third-order valence-electron chi connectivity index (χ3n) is 2.89. The molecule has 3 N–H and O–H groups in total. The number of hydrogen-bond acceptors (Lipinski definition) is 3. The Bertz CT molecular complexity index is 641. The maximum atomic E-state index is 5.65. The Kier molecular flexibility index (Phi) is 4.62. The van der Waals surface area contributed by atoms with Crippen LogP contribution >= 0.6 is 28.1 Å². The molecule has 0 saturated carbocycles. The van der Waals surface area contributed by atoms with E-state index in [1.807, 2.05) is 44.4 Å². The summed E-state index contributed by atoms with van der Waals surface area (Å²) in [6.07, 6.45) is 0. The van der Waals surface area contributed by atoms with Crippen molar-refractivity contribution in [1.82, 2.24) is 0 Å². The minimum atomic E-state index is 0.387. The van der Waals surface area contributed by atoms with Crippen LogP contribution in [-0.4, -0.2) is 19.1 Å². The SMILES string of the molecule is CN(C)c1cccc(Nc2ccc(C(N)=S)c(Br)c2)c1. The van der Waals surface area contributed by atoms with Gasteiger partial charge < -0.3 is 16.0 Å². The zero-order chi connectivity index (χ0) is 14.7. The first-order valence-electron chi connectivity index (χ1n) is 6.11. The van der Waals surface area contributed by atoms with Crippen LogP contribution in [-0.2, 0) is 0 Å². The number of benzene rings is 2. The van der Waals surface area contributed by atoms with E-state index in [9.17, 15) is 0 Å². The molecule has 0 fully saturated rings. The Balaban J connectivity index is 2.24. The molecule has 20 heavy (non-hydrogen) atoms. The number of thiocarbonyl (C=S) groups is 1. The molecule has 0 radical (unpaired) electrons. The lowest BCUT2D eigenvalue weighted by molar-refractivity contribution is 1.13. The molecule has 3 nitrogen and oxygen atoms in total. The first-order valence-corrected chi connectivity index (χ1v) is 7.31. The van der Waals surface area contributed by atoms with E-state index in [0.717, 1.165) is 27.1 Å². The highest BCUT2D eigenvalue weighted by atomic mass is 79.9. The minimum absolute atomic E-state index is 0.387. The van der Waals surface area contributed by atoms with Crippen molar-refractivity contribution in [3.63, 3.8) is 0 Å². The van der Waals surface area contributed by atoms with Crippen molar-refractivity contribution < 1.29 is 0 Å². The van der Waals surface area contributed by atoms with Gasteiger partial charge >= 0.3 is 0 Å². The van der Waals surface area contributed by atoms with Crippen molar-refractivity contribution >= 4 is 50.2 Å². The summed E-state index contributed by atoms with van der Waals surface area (Å²) in [6, 6.07) is 14.0. The van der Waals surface area contributed by atoms with Crippen LogP contribution in [0.3, 0.4) is 0 Å². The van der Waals surface area contributed by atoms with E-state index in [1.54, 1.807) is 0 Å². The standard InChI is InChI=1S/C15H16BrN3S/c1-19(2)12-5-3-4-10(8-12)18-11-6-7-13(15(17)20)14(16)9-11/h3-9,18H,1-2H3,(H2,17,20). The fraction of sp³-hybridized carbons (Fsp3) is 0.133. The molecule has 0 aliphatic carbocycles. The van der Waals surface area contributed by atoms with Crippen molar-refractivity contribution in [2.75, 3.05) is 24.3 Å². The maximum absolute atomic E-state index is 5.65. The molecule has 0 aliphatic heterocycles. The van der Waals surface area contributed by atoms with Gasteiger partial charge in [-0.25, -0.2) is 0 Å². The molecule has 0 aliphatic rings. The van der Waals surface area contributed by atoms with Gasteiger partial charge in [0.25, 0.3) is 0 Å². The van der Waals surface area contributed by atoms with Crippen LogP contribution in [0.1, 0.15) is 5.56 Å². The number of rotatable bonds is 4. The third-order valence-corrected chi connectivity index (χ3v) is 3.76. The van der Waals surface area contributed by atoms with Crippen molar-refractivity contribution in [3.05, 3.63) is 52.5 Å². The average molecular weight is 350 g/mol. The predicted octanol–water partition coefficient (Wildman–Crippen LogP) is 3.89. The molecule has 2 aromatic rings. The van der Waals surface area contributed by atoms with Gasteiger partial charge in [-0.05, 0) is 52.3 Å². The molecule has 2 aromatic carbocycles. The van der Waals surface area contributed by atoms with Crippen molar-refractivity contribution in [3.8, 4) is 0 Å². The van der Waals surface area contributed by atoms with E-state index >= 15 is 0 Å². The normalized spacial score (nSPS) is 10.2. The average Bonchev–Trinajstić information content (AvgIpc) is 2.38. The first-order chi connectivity index (χ1) is 9.47.